The van der Waals surface area contributed by atoms with Gasteiger partial charge >= 0.3 is 5.97 Å². The Morgan fingerprint density at radius 3 is 2.86 bits per heavy atom. The second-order valence-electron chi connectivity index (χ2n) is 5.56. The first-order valence-corrected chi connectivity index (χ1v) is 7.84. The van der Waals surface area contributed by atoms with Gasteiger partial charge in [0.1, 0.15) is 18.3 Å². The Kier molecular flexibility index (Phi) is 4.10. The molecule has 6 nitrogen and oxygen atoms in total. The molecule has 118 valence electrons. The number of amides is 1. The Morgan fingerprint density at radius 2 is 2.14 bits per heavy atom. The van der Waals surface area contributed by atoms with E-state index < -0.39 is 18.0 Å². The first-order valence-electron chi connectivity index (χ1n) is 7.05. The third-order valence-corrected chi connectivity index (χ3v) is 4.39. The minimum absolute atomic E-state index is 0.0678. The lowest BCUT2D eigenvalue weighted by Crippen LogP contribution is -2.53. The molecular weight excluding hydrogens is 354 g/mol. The van der Waals surface area contributed by atoms with Gasteiger partial charge in [-0.05, 0) is 25.1 Å². The number of aliphatic carboxylic acids is 1. The summed E-state index contributed by atoms with van der Waals surface area (Å²) in [6, 6.07) is 5.57. The van der Waals surface area contributed by atoms with E-state index in [0.29, 0.717) is 12.3 Å². The van der Waals surface area contributed by atoms with Crippen LogP contribution in [0.3, 0.4) is 0 Å². The Morgan fingerprint density at radius 1 is 1.36 bits per heavy atom. The van der Waals surface area contributed by atoms with E-state index in [1.807, 2.05) is 18.2 Å². The van der Waals surface area contributed by atoms with Gasteiger partial charge in [-0.2, -0.15) is 0 Å². The Labute approximate surface area is 136 Å². The zero-order valence-electron chi connectivity index (χ0n) is 12.0. The highest BCUT2D eigenvalue weighted by Gasteiger charge is 2.38. The summed E-state index contributed by atoms with van der Waals surface area (Å²) in [5.74, 6) is -0.849. The summed E-state index contributed by atoms with van der Waals surface area (Å²) in [4.78, 5) is 25.5. The number of rotatable bonds is 2. The van der Waals surface area contributed by atoms with Crippen LogP contribution in [-0.2, 0) is 14.3 Å². The average Bonchev–Trinajstić information content (AvgIpc) is 2.88. The highest BCUT2D eigenvalue weighted by atomic mass is 79.9. The summed E-state index contributed by atoms with van der Waals surface area (Å²) in [5, 5.41) is 9.12. The molecule has 2 unspecified atom stereocenters. The fraction of sp³-hybridized carbons (Fsp3) is 0.467. The molecule has 0 bridgehead atoms. The summed E-state index contributed by atoms with van der Waals surface area (Å²) in [6.45, 7) is 2.51. The number of halogens is 1. The molecule has 1 saturated heterocycles. The van der Waals surface area contributed by atoms with Crippen molar-refractivity contribution in [1.29, 1.82) is 0 Å². The van der Waals surface area contributed by atoms with Gasteiger partial charge in [-0.3, -0.25) is 4.79 Å². The van der Waals surface area contributed by atoms with Crippen LogP contribution >= 0.6 is 15.9 Å². The first-order chi connectivity index (χ1) is 10.5. The summed E-state index contributed by atoms with van der Waals surface area (Å²) >= 11 is 3.40. The molecule has 3 rings (SSSR count). The highest BCUT2D eigenvalue weighted by molar-refractivity contribution is 9.10. The molecule has 1 aromatic carbocycles. The lowest BCUT2D eigenvalue weighted by Gasteiger charge is -2.36. The van der Waals surface area contributed by atoms with Gasteiger partial charge in [0.25, 0.3) is 0 Å². The van der Waals surface area contributed by atoms with Crippen molar-refractivity contribution in [1.82, 2.24) is 4.90 Å². The van der Waals surface area contributed by atoms with Crippen molar-refractivity contribution in [2.75, 3.05) is 19.7 Å². The number of morpholine rings is 1. The Bertz CT molecular complexity index is 620. The summed E-state index contributed by atoms with van der Waals surface area (Å²) in [5.41, 5.74) is 0.838. The summed E-state index contributed by atoms with van der Waals surface area (Å²) in [7, 11) is 0. The van der Waals surface area contributed by atoms with E-state index in [9.17, 15) is 9.59 Å². The summed E-state index contributed by atoms with van der Waals surface area (Å²) < 4.78 is 11.8. The Hall–Kier alpha value is -1.60. The smallest absolute Gasteiger partial charge is 0.334 e. The van der Waals surface area contributed by atoms with Gasteiger partial charge in [-0.25, -0.2) is 4.79 Å². The standard InChI is InChI=1S/C15H16BrNO5/c1-8-5-17(6-13(22-8)15(19)20)14(18)11-7-21-12-3-2-9(16)4-10(11)12/h2-4,8,11,13H,5-7H2,1H3,(H,19,20)/t8-,11?,13?/m1/s1. The summed E-state index contributed by atoms with van der Waals surface area (Å²) in [6.07, 6.45) is -1.28. The first kappa shape index (κ1) is 15.3. The number of fused-ring (bicyclic) bond motifs is 1. The molecule has 1 fully saturated rings. The number of hydrogen-bond donors (Lipinski definition) is 1. The topological polar surface area (TPSA) is 76.1 Å². The van der Waals surface area contributed by atoms with Gasteiger partial charge in [0.05, 0.1) is 12.6 Å². The van der Waals surface area contributed by atoms with Crippen LogP contribution in [0.1, 0.15) is 18.4 Å². The normalized spacial score (nSPS) is 27.2. The number of carbonyl (C=O) groups is 2. The lowest BCUT2D eigenvalue weighted by atomic mass is 9.99. The Balaban J connectivity index is 1.80. The molecule has 2 heterocycles. The fourth-order valence-electron chi connectivity index (χ4n) is 2.88. The largest absolute Gasteiger partial charge is 0.492 e. The number of benzene rings is 1. The van der Waals surface area contributed by atoms with Crippen molar-refractivity contribution in [2.45, 2.75) is 25.0 Å². The van der Waals surface area contributed by atoms with Crippen LogP contribution in [-0.4, -0.2) is 53.8 Å². The second kappa shape index (κ2) is 5.89. The third kappa shape index (κ3) is 2.83. The van der Waals surface area contributed by atoms with E-state index in [4.69, 9.17) is 14.6 Å². The van der Waals surface area contributed by atoms with Gasteiger partial charge in [0.2, 0.25) is 5.91 Å². The van der Waals surface area contributed by atoms with Crippen LogP contribution < -0.4 is 4.74 Å². The van der Waals surface area contributed by atoms with Gasteiger partial charge < -0.3 is 19.5 Å². The number of carbonyl (C=O) groups excluding carboxylic acids is 1. The SMILES string of the molecule is C[C@@H]1CN(C(=O)C2COc3ccc(Br)cc32)CC(C(=O)O)O1. The van der Waals surface area contributed by atoms with E-state index in [2.05, 4.69) is 15.9 Å². The average molecular weight is 370 g/mol. The highest BCUT2D eigenvalue weighted by Crippen LogP contribution is 2.37. The number of ether oxygens (including phenoxy) is 2. The van der Waals surface area contributed by atoms with E-state index in [1.165, 1.54) is 0 Å². The predicted octanol–water partition coefficient (Wildman–Crippen LogP) is 1.63. The van der Waals surface area contributed by atoms with Crippen molar-refractivity contribution in [3.8, 4) is 5.75 Å². The van der Waals surface area contributed by atoms with Crippen LogP contribution in [0.5, 0.6) is 5.75 Å². The van der Waals surface area contributed by atoms with E-state index in [1.54, 1.807) is 11.8 Å². The van der Waals surface area contributed by atoms with Crippen molar-refractivity contribution in [3.05, 3.63) is 28.2 Å². The number of carboxylic acid groups (broad SMARTS) is 1. The van der Waals surface area contributed by atoms with Crippen LogP contribution in [0.2, 0.25) is 0 Å². The number of hydrogen-bond acceptors (Lipinski definition) is 4. The molecule has 1 amide bonds. The fourth-order valence-corrected chi connectivity index (χ4v) is 3.26. The van der Waals surface area contributed by atoms with Gasteiger partial charge in [-0.15, -0.1) is 0 Å². The molecule has 2 aliphatic rings. The zero-order valence-corrected chi connectivity index (χ0v) is 13.6. The molecule has 3 atom stereocenters. The molecule has 0 aromatic heterocycles. The second-order valence-corrected chi connectivity index (χ2v) is 6.48. The third-order valence-electron chi connectivity index (χ3n) is 3.90. The molecule has 0 aliphatic carbocycles. The number of nitrogens with zero attached hydrogens (tertiary/aromatic N) is 1. The van der Waals surface area contributed by atoms with Crippen molar-refractivity contribution in [2.24, 2.45) is 0 Å². The number of carboxylic acids is 1. The van der Waals surface area contributed by atoms with Gasteiger partial charge in [0.15, 0.2) is 6.10 Å². The van der Waals surface area contributed by atoms with Crippen molar-refractivity contribution in [3.63, 3.8) is 0 Å². The van der Waals surface area contributed by atoms with Crippen LogP contribution in [0.4, 0.5) is 0 Å². The van der Waals surface area contributed by atoms with E-state index in [-0.39, 0.29) is 25.2 Å². The zero-order chi connectivity index (χ0) is 15.9. The molecule has 0 saturated carbocycles. The van der Waals surface area contributed by atoms with E-state index >= 15 is 0 Å². The minimum Gasteiger partial charge on any atom is -0.492 e. The maximum absolute atomic E-state index is 12.8. The monoisotopic (exact) mass is 369 g/mol. The maximum Gasteiger partial charge on any atom is 0.334 e. The van der Waals surface area contributed by atoms with Crippen molar-refractivity contribution >= 4 is 27.8 Å². The van der Waals surface area contributed by atoms with E-state index in [0.717, 1.165) is 10.0 Å². The van der Waals surface area contributed by atoms with Gasteiger partial charge in [-0.1, -0.05) is 15.9 Å². The van der Waals surface area contributed by atoms with Crippen LogP contribution in [0.25, 0.3) is 0 Å². The van der Waals surface area contributed by atoms with Gasteiger partial charge in [0, 0.05) is 16.6 Å². The molecule has 2 aliphatic heterocycles. The quantitative estimate of drug-likeness (QED) is 0.857. The molecule has 22 heavy (non-hydrogen) atoms. The van der Waals surface area contributed by atoms with Crippen molar-refractivity contribution < 1.29 is 24.2 Å². The van der Waals surface area contributed by atoms with Crippen LogP contribution in [0, 0.1) is 0 Å². The molecular formula is C15H16BrNO5. The molecule has 0 spiro atoms. The molecule has 1 aromatic rings. The predicted molar refractivity (Wildman–Crippen MR) is 80.9 cm³/mol. The molecule has 0 radical (unpaired) electrons. The van der Waals surface area contributed by atoms with Crippen LogP contribution in [0.15, 0.2) is 22.7 Å². The minimum atomic E-state index is -1.05. The maximum atomic E-state index is 12.8. The lowest BCUT2D eigenvalue weighted by molar-refractivity contribution is -0.167. The molecule has 7 heteroatoms. The molecule has 1 N–H and O–H groups in total.